The van der Waals surface area contributed by atoms with Crippen LogP contribution in [-0.4, -0.2) is 65.9 Å². The van der Waals surface area contributed by atoms with Crippen LogP contribution in [0.1, 0.15) is 6.42 Å². The lowest BCUT2D eigenvalue weighted by Gasteiger charge is -2.30. The van der Waals surface area contributed by atoms with Crippen LogP contribution in [0.25, 0.3) is 0 Å². The van der Waals surface area contributed by atoms with Gasteiger partial charge >= 0.3 is 12.0 Å². The Kier molecular flexibility index (Phi) is 6.45. The second-order valence-corrected chi connectivity index (χ2v) is 5.04. The summed E-state index contributed by atoms with van der Waals surface area (Å²) >= 11 is 1.52. The standard InChI is InChI=1S/C11H17N3O4S/c1-19-5-2-9(10(15)16)13-11(17)14-3-4-18-8(6-12)7-14/h8-9H,2-5,7H2,1H3,(H,13,17)(H,15,16). The summed E-state index contributed by atoms with van der Waals surface area (Å²) in [4.78, 5) is 24.4. The minimum Gasteiger partial charge on any atom is -0.480 e. The molecule has 0 saturated carbocycles. The van der Waals surface area contributed by atoms with Crippen LogP contribution in [0.5, 0.6) is 0 Å². The maximum Gasteiger partial charge on any atom is 0.326 e. The molecule has 0 aromatic carbocycles. The monoisotopic (exact) mass is 287 g/mol. The van der Waals surface area contributed by atoms with Crippen molar-refractivity contribution >= 4 is 23.8 Å². The maximum atomic E-state index is 11.9. The van der Waals surface area contributed by atoms with Crippen LogP contribution in [0.15, 0.2) is 0 Å². The van der Waals surface area contributed by atoms with E-state index in [4.69, 9.17) is 15.1 Å². The lowest BCUT2D eigenvalue weighted by atomic mass is 10.2. The number of nitriles is 1. The number of carbonyl (C=O) groups excluding carboxylic acids is 1. The van der Waals surface area contributed by atoms with Gasteiger partial charge in [-0.15, -0.1) is 0 Å². The van der Waals surface area contributed by atoms with Gasteiger partial charge in [-0.2, -0.15) is 17.0 Å². The molecule has 1 heterocycles. The Labute approximate surface area is 115 Å². The Balaban J connectivity index is 2.51. The predicted molar refractivity (Wildman–Crippen MR) is 69.9 cm³/mol. The van der Waals surface area contributed by atoms with Gasteiger partial charge in [-0.3, -0.25) is 0 Å². The largest absolute Gasteiger partial charge is 0.480 e. The summed E-state index contributed by atoms with van der Waals surface area (Å²) in [5.41, 5.74) is 0. The molecule has 1 fully saturated rings. The van der Waals surface area contributed by atoms with Crippen molar-refractivity contribution in [2.75, 3.05) is 31.7 Å². The van der Waals surface area contributed by atoms with E-state index in [0.717, 1.165) is 0 Å². The molecule has 106 valence electrons. The van der Waals surface area contributed by atoms with Gasteiger partial charge < -0.3 is 20.1 Å². The smallest absolute Gasteiger partial charge is 0.326 e. The first kappa shape index (κ1) is 15.6. The number of morpholine rings is 1. The zero-order valence-corrected chi connectivity index (χ0v) is 11.5. The average molecular weight is 287 g/mol. The summed E-state index contributed by atoms with van der Waals surface area (Å²) < 4.78 is 5.12. The Morgan fingerprint density at radius 3 is 3.00 bits per heavy atom. The first-order chi connectivity index (χ1) is 9.08. The van der Waals surface area contributed by atoms with E-state index in [2.05, 4.69) is 5.32 Å². The number of nitrogens with one attached hydrogen (secondary N) is 1. The summed E-state index contributed by atoms with van der Waals surface area (Å²) in [6.45, 7) is 0.810. The van der Waals surface area contributed by atoms with Gasteiger partial charge in [-0.25, -0.2) is 9.59 Å². The van der Waals surface area contributed by atoms with Gasteiger partial charge in [0.05, 0.1) is 19.2 Å². The van der Waals surface area contributed by atoms with E-state index in [0.29, 0.717) is 18.7 Å². The van der Waals surface area contributed by atoms with Crippen molar-refractivity contribution in [3.63, 3.8) is 0 Å². The molecule has 0 aromatic heterocycles. The van der Waals surface area contributed by atoms with E-state index >= 15 is 0 Å². The highest BCUT2D eigenvalue weighted by atomic mass is 32.2. The van der Waals surface area contributed by atoms with Crippen LogP contribution >= 0.6 is 11.8 Å². The van der Waals surface area contributed by atoms with Crippen molar-refractivity contribution in [3.05, 3.63) is 0 Å². The molecule has 2 N–H and O–H groups in total. The minimum atomic E-state index is -1.05. The first-order valence-corrected chi connectivity index (χ1v) is 7.26. The van der Waals surface area contributed by atoms with Crippen LogP contribution in [0.3, 0.4) is 0 Å². The average Bonchev–Trinajstić information content (AvgIpc) is 2.42. The number of carbonyl (C=O) groups is 2. The molecule has 0 bridgehead atoms. The van der Waals surface area contributed by atoms with Crippen LogP contribution in [0.2, 0.25) is 0 Å². The van der Waals surface area contributed by atoms with Gasteiger partial charge in [-0.05, 0) is 18.4 Å². The number of aliphatic carboxylic acids is 1. The molecule has 1 aliphatic rings. The number of hydrogen-bond acceptors (Lipinski definition) is 5. The highest BCUT2D eigenvalue weighted by Gasteiger charge is 2.27. The molecular formula is C11H17N3O4S. The van der Waals surface area contributed by atoms with Gasteiger partial charge in [0, 0.05) is 6.54 Å². The number of hydrogen-bond donors (Lipinski definition) is 2. The molecular weight excluding hydrogens is 270 g/mol. The molecule has 0 aliphatic carbocycles. The van der Waals surface area contributed by atoms with E-state index in [9.17, 15) is 9.59 Å². The summed E-state index contributed by atoms with van der Waals surface area (Å²) in [5, 5.41) is 20.2. The molecule has 1 rings (SSSR count). The molecule has 8 heteroatoms. The van der Waals surface area contributed by atoms with Crippen molar-refractivity contribution in [1.82, 2.24) is 10.2 Å². The number of carboxylic acids is 1. The number of nitrogens with zero attached hydrogens (tertiary/aromatic N) is 2. The number of urea groups is 1. The van der Waals surface area contributed by atoms with Gasteiger partial charge in [-0.1, -0.05) is 0 Å². The third kappa shape index (κ3) is 4.96. The molecule has 2 unspecified atom stereocenters. The fraction of sp³-hybridized carbons (Fsp3) is 0.727. The van der Waals surface area contributed by atoms with E-state index in [1.807, 2.05) is 12.3 Å². The summed E-state index contributed by atoms with van der Waals surface area (Å²) in [5.74, 6) is -0.395. The molecule has 19 heavy (non-hydrogen) atoms. The first-order valence-electron chi connectivity index (χ1n) is 5.87. The second kappa shape index (κ2) is 7.86. The summed E-state index contributed by atoms with van der Waals surface area (Å²) in [7, 11) is 0. The molecule has 7 nitrogen and oxygen atoms in total. The molecule has 2 amide bonds. The van der Waals surface area contributed by atoms with Gasteiger partial charge in [0.15, 0.2) is 6.10 Å². The molecule has 0 radical (unpaired) electrons. The predicted octanol–water partition coefficient (Wildman–Crippen LogP) is 0.127. The fourth-order valence-corrected chi connectivity index (χ4v) is 2.12. The normalized spacial score (nSPS) is 20.4. The minimum absolute atomic E-state index is 0.164. The topological polar surface area (TPSA) is 103 Å². The van der Waals surface area contributed by atoms with Crippen molar-refractivity contribution in [2.24, 2.45) is 0 Å². The Hall–Kier alpha value is -1.46. The van der Waals surface area contributed by atoms with Gasteiger partial charge in [0.1, 0.15) is 6.04 Å². The van der Waals surface area contributed by atoms with Gasteiger partial charge in [0.2, 0.25) is 0 Å². The summed E-state index contributed by atoms with van der Waals surface area (Å²) in [6.07, 6.45) is 1.60. The Morgan fingerprint density at radius 1 is 1.68 bits per heavy atom. The SMILES string of the molecule is CSCCC(NC(=O)N1CCOC(C#N)C1)C(=O)O. The molecule has 1 saturated heterocycles. The number of carboxylic acid groups (broad SMARTS) is 1. The van der Waals surface area contributed by atoms with E-state index in [1.54, 1.807) is 0 Å². The molecule has 1 aliphatic heterocycles. The zero-order valence-electron chi connectivity index (χ0n) is 10.7. The van der Waals surface area contributed by atoms with E-state index < -0.39 is 24.1 Å². The molecule has 0 aromatic rings. The Morgan fingerprint density at radius 2 is 2.42 bits per heavy atom. The third-order valence-electron chi connectivity index (χ3n) is 2.70. The highest BCUT2D eigenvalue weighted by molar-refractivity contribution is 7.98. The molecule has 2 atom stereocenters. The van der Waals surface area contributed by atoms with Crippen LogP contribution in [0, 0.1) is 11.3 Å². The number of ether oxygens (including phenoxy) is 1. The quantitative estimate of drug-likeness (QED) is 0.745. The number of thioether (sulfide) groups is 1. The number of rotatable bonds is 5. The van der Waals surface area contributed by atoms with Crippen molar-refractivity contribution in [3.8, 4) is 6.07 Å². The highest BCUT2D eigenvalue weighted by Crippen LogP contribution is 2.06. The summed E-state index contributed by atoms with van der Waals surface area (Å²) in [6, 6.07) is 0.575. The van der Waals surface area contributed by atoms with Crippen LogP contribution in [-0.2, 0) is 9.53 Å². The van der Waals surface area contributed by atoms with Crippen LogP contribution in [0.4, 0.5) is 4.79 Å². The van der Waals surface area contributed by atoms with E-state index in [1.165, 1.54) is 16.7 Å². The number of amides is 2. The third-order valence-corrected chi connectivity index (χ3v) is 3.35. The second-order valence-electron chi connectivity index (χ2n) is 4.06. The van der Waals surface area contributed by atoms with Gasteiger partial charge in [0.25, 0.3) is 0 Å². The lowest BCUT2D eigenvalue weighted by molar-refractivity contribution is -0.139. The van der Waals surface area contributed by atoms with E-state index in [-0.39, 0.29) is 13.2 Å². The maximum absolute atomic E-state index is 11.9. The lowest BCUT2D eigenvalue weighted by Crippen LogP contribution is -2.53. The molecule has 0 spiro atoms. The zero-order chi connectivity index (χ0) is 14.3. The van der Waals surface area contributed by atoms with Crippen molar-refractivity contribution in [2.45, 2.75) is 18.6 Å². The van der Waals surface area contributed by atoms with Crippen molar-refractivity contribution < 1.29 is 19.4 Å². The van der Waals surface area contributed by atoms with Crippen molar-refractivity contribution in [1.29, 1.82) is 5.26 Å². The fourth-order valence-electron chi connectivity index (χ4n) is 1.65. The Bertz CT molecular complexity index is 371. The van der Waals surface area contributed by atoms with Crippen LogP contribution < -0.4 is 5.32 Å².